The van der Waals surface area contributed by atoms with Crippen molar-refractivity contribution in [2.75, 3.05) is 0 Å². The largest absolute Gasteiger partial charge is 0.316 e. The first-order valence-electron chi connectivity index (χ1n) is 0. The van der Waals surface area contributed by atoms with Gasteiger partial charge in [-0.3, -0.25) is 0 Å². The normalized spacial score (nSPS) is 0. The molecule has 0 fully saturated rings. The van der Waals surface area contributed by atoms with Crippen LogP contribution in [0.15, 0.2) is 0 Å². The predicted molar refractivity (Wildman–Crippen MR) is 8.54 cm³/mol. The number of rotatable bonds is 0. The molecule has 0 saturated heterocycles. The van der Waals surface area contributed by atoms with Crippen molar-refractivity contribution in [1.29, 1.82) is 0 Å². The monoisotopic (exact) mass is 269 g/mol. The molecule has 0 bridgehead atoms. The molecule has 0 heterocycles. The summed E-state index contributed by atoms with van der Waals surface area (Å²) in [6.45, 7) is 0. The Morgan fingerprint density at radius 1 is 1.00 bits per heavy atom. The van der Waals surface area contributed by atoms with Crippen molar-refractivity contribution in [1.82, 2.24) is 0 Å². The Hall–Kier alpha value is 3.38. The fourth-order valence-corrected chi connectivity index (χ4v) is 0. The van der Waals surface area contributed by atoms with Crippen LogP contribution in [0.5, 0.6) is 0 Å². The fraction of sp³-hybridized carbons (Fsp3) is 0. The number of hydrogen-bond donors (Lipinski definition) is 0. The Labute approximate surface area is 99.2 Å². The molecule has 1 radical (unpaired) electrons. The molecule has 0 aliphatic heterocycles. The van der Waals surface area contributed by atoms with Crippen LogP contribution in [0.3, 0.4) is 0 Å². The molecule has 0 amide bonds. The zero-order valence-electron chi connectivity index (χ0n) is 1.78. The maximum absolute atomic E-state index is 0. The van der Waals surface area contributed by atoms with Gasteiger partial charge in [-0.25, -0.2) is 0 Å². The van der Waals surface area contributed by atoms with Gasteiger partial charge >= 0.3 is 23.1 Å². The average molecular weight is 272 g/mol. The first-order valence-corrected chi connectivity index (χ1v) is 0. The maximum Gasteiger partial charge on any atom is 0.316 e. The molecule has 4 heavy (non-hydrogen) atoms. The van der Waals surface area contributed by atoms with E-state index in [1.54, 1.807) is 0 Å². The molecule has 13 valence electrons. The smallest absolute Gasteiger partial charge is 0 e. The summed E-state index contributed by atoms with van der Waals surface area (Å²) >= 11 is 0. The third kappa shape index (κ3) is 9.03. The Kier molecular flexibility index (Phi) is 106. The summed E-state index contributed by atoms with van der Waals surface area (Å²) in [5, 5.41) is 0. The molecule has 0 spiro atoms. The molecular formula is H2MgYZnZr. The van der Waals surface area contributed by atoms with Gasteiger partial charge in [0.1, 0.15) is 0 Å². The Bertz CT molecular complexity index is 8.00. The molecule has 0 N–H and O–H groups in total. The van der Waals surface area contributed by atoms with Crippen molar-refractivity contribution < 1.29 is 78.4 Å². The summed E-state index contributed by atoms with van der Waals surface area (Å²) in [6.07, 6.45) is 0. The second-order valence-electron chi connectivity index (χ2n) is 0. The molecule has 0 aromatic carbocycles. The minimum absolute atomic E-state index is 0. The van der Waals surface area contributed by atoms with E-state index in [4.69, 9.17) is 0 Å². The van der Waals surface area contributed by atoms with E-state index in [9.17, 15) is 0 Å². The van der Waals surface area contributed by atoms with Gasteiger partial charge in [0.15, 0.2) is 0 Å². The van der Waals surface area contributed by atoms with Crippen LogP contribution in [-0.2, 0) is 78.4 Å². The minimum atomic E-state index is 0. The van der Waals surface area contributed by atoms with E-state index in [0.29, 0.717) is 0 Å². The average Bonchev–Trinajstić information content (AvgIpc) is 0. The van der Waals surface area contributed by atoms with E-state index in [-0.39, 0.29) is 101 Å². The second-order valence-corrected chi connectivity index (χ2v) is 0. The van der Waals surface area contributed by atoms with Gasteiger partial charge in [0.2, 0.25) is 0 Å². The van der Waals surface area contributed by atoms with E-state index >= 15 is 0 Å². The van der Waals surface area contributed by atoms with Gasteiger partial charge in [-0.15, -0.1) is 0 Å². The van der Waals surface area contributed by atoms with Gasteiger partial charge in [0, 0.05) is 78.4 Å². The third-order valence-electron chi connectivity index (χ3n) is 0. The van der Waals surface area contributed by atoms with Crippen molar-refractivity contribution in [3.63, 3.8) is 0 Å². The van der Waals surface area contributed by atoms with Gasteiger partial charge in [0.25, 0.3) is 0 Å². The number of hydrogen-bond acceptors (Lipinski definition) is 0. The molecular weight excluding hydrogens is 270 g/mol. The maximum atomic E-state index is 0. The Morgan fingerprint density at radius 2 is 1.00 bits per heavy atom. The van der Waals surface area contributed by atoms with Crippen LogP contribution >= 0.6 is 0 Å². The Balaban J connectivity index is 0. The summed E-state index contributed by atoms with van der Waals surface area (Å²) < 4.78 is 0. The van der Waals surface area contributed by atoms with Crippen molar-refractivity contribution in [3.8, 4) is 0 Å². The quantitative estimate of drug-likeness (QED) is 0.500. The van der Waals surface area contributed by atoms with Gasteiger partial charge in [-0.2, -0.15) is 0 Å². The molecule has 0 unspecified atom stereocenters. The summed E-state index contributed by atoms with van der Waals surface area (Å²) in [5.74, 6) is 0. The van der Waals surface area contributed by atoms with Crippen LogP contribution in [0.1, 0.15) is 0 Å². The first-order chi connectivity index (χ1) is 0. The summed E-state index contributed by atoms with van der Waals surface area (Å²) in [7, 11) is 0. The van der Waals surface area contributed by atoms with Crippen LogP contribution in [0, 0.1) is 0 Å². The van der Waals surface area contributed by atoms with Crippen LogP contribution < -0.4 is 0 Å². The van der Waals surface area contributed by atoms with Gasteiger partial charge < -0.3 is 0 Å². The molecule has 0 atom stereocenters. The van der Waals surface area contributed by atoms with Gasteiger partial charge in [-0.1, -0.05) is 0 Å². The second kappa shape index (κ2) is 16.2. The molecule has 0 aromatic heterocycles. The van der Waals surface area contributed by atoms with E-state index < -0.39 is 0 Å². The molecule has 0 aromatic rings. The zero-order chi connectivity index (χ0) is 0. The van der Waals surface area contributed by atoms with Crippen LogP contribution in [0.4, 0.5) is 0 Å². The molecule has 4 heteroatoms. The fourth-order valence-electron chi connectivity index (χ4n) is 0. The van der Waals surface area contributed by atoms with E-state index in [1.807, 2.05) is 0 Å². The minimum Gasteiger partial charge on any atom is 0 e. The third-order valence-corrected chi connectivity index (χ3v) is 0. The van der Waals surface area contributed by atoms with Gasteiger partial charge in [0.05, 0.1) is 0 Å². The van der Waals surface area contributed by atoms with E-state index in [1.165, 1.54) is 0 Å². The van der Waals surface area contributed by atoms with Gasteiger partial charge in [-0.05, 0) is 0 Å². The van der Waals surface area contributed by atoms with Crippen LogP contribution in [0.2, 0.25) is 0 Å². The first kappa shape index (κ1) is 26.3. The van der Waals surface area contributed by atoms with Crippen molar-refractivity contribution in [2.45, 2.75) is 0 Å². The molecule has 0 saturated carbocycles. The Morgan fingerprint density at radius 3 is 1.00 bits per heavy atom. The van der Waals surface area contributed by atoms with Crippen molar-refractivity contribution in [2.24, 2.45) is 0 Å². The van der Waals surface area contributed by atoms with Crippen molar-refractivity contribution >= 4 is 23.1 Å². The zero-order valence-corrected chi connectivity index (χ0v) is 10.0. The predicted octanol–water partition coefficient (Wildman–Crippen LogP) is -0.924. The SMILES string of the molecule is [MgH2].[Y].[Zn].[Zr]. The summed E-state index contributed by atoms with van der Waals surface area (Å²) in [4.78, 5) is 0. The molecule has 0 nitrogen and oxygen atoms in total. The standard InChI is InChI=1S/Mg.Y.Zn.Zr.2H. The molecule has 0 aliphatic carbocycles. The molecule has 0 aliphatic rings. The topological polar surface area (TPSA) is 0 Å². The summed E-state index contributed by atoms with van der Waals surface area (Å²) in [5.41, 5.74) is 0. The van der Waals surface area contributed by atoms with E-state index in [2.05, 4.69) is 0 Å². The van der Waals surface area contributed by atoms with Crippen LogP contribution in [0.25, 0.3) is 0 Å². The van der Waals surface area contributed by atoms with Crippen LogP contribution in [-0.4, -0.2) is 23.1 Å². The van der Waals surface area contributed by atoms with E-state index in [0.717, 1.165) is 0 Å². The van der Waals surface area contributed by atoms with Crippen molar-refractivity contribution in [3.05, 3.63) is 0 Å². The summed E-state index contributed by atoms with van der Waals surface area (Å²) in [6, 6.07) is 0. The molecule has 0 rings (SSSR count).